The summed E-state index contributed by atoms with van der Waals surface area (Å²) in [4.78, 5) is 0. The molecular weight excluding hydrogens is 238 g/mol. The third kappa shape index (κ3) is 3.95. The van der Waals surface area contributed by atoms with Crippen LogP contribution in [0, 0.1) is 0 Å². The fourth-order valence-electron chi connectivity index (χ4n) is 2.75. The molecule has 1 aliphatic rings. The van der Waals surface area contributed by atoms with E-state index in [0.29, 0.717) is 12.0 Å². The van der Waals surface area contributed by atoms with Gasteiger partial charge in [0.25, 0.3) is 0 Å². The molecule has 2 rings (SSSR count). The van der Waals surface area contributed by atoms with Crippen LogP contribution in [-0.4, -0.2) is 30.9 Å². The molecule has 1 atom stereocenters. The van der Waals surface area contributed by atoms with Gasteiger partial charge in [-0.3, -0.25) is 0 Å². The number of aliphatic hydroxyl groups is 1. The van der Waals surface area contributed by atoms with Crippen molar-refractivity contribution in [1.82, 2.24) is 5.32 Å². The standard InChI is InChI=1S/C16H25NO2/c1-12(18)6-5-9-17-14-10-13(11-14)15-7-3-4-8-16(15)19-2/h3-4,7-8,12-14,17-18H,5-6,9-11H2,1-2H3. The van der Waals surface area contributed by atoms with Gasteiger partial charge in [0.2, 0.25) is 0 Å². The highest BCUT2D eigenvalue weighted by Gasteiger charge is 2.31. The summed E-state index contributed by atoms with van der Waals surface area (Å²) in [5.41, 5.74) is 1.34. The first-order valence-corrected chi connectivity index (χ1v) is 7.25. The summed E-state index contributed by atoms with van der Waals surface area (Å²) in [6.45, 7) is 2.86. The third-order valence-corrected chi connectivity index (χ3v) is 3.95. The second-order valence-electron chi connectivity index (χ2n) is 5.55. The molecule has 0 saturated heterocycles. The average Bonchev–Trinajstić information content (AvgIpc) is 2.36. The van der Waals surface area contributed by atoms with Crippen molar-refractivity contribution in [2.24, 2.45) is 0 Å². The van der Waals surface area contributed by atoms with Crippen molar-refractivity contribution in [1.29, 1.82) is 0 Å². The maximum Gasteiger partial charge on any atom is 0.122 e. The minimum Gasteiger partial charge on any atom is -0.496 e. The Hall–Kier alpha value is -1.06. The van der Waals surface area contributed by atoms with Crippen LogP contribution in [0.2, 0.25) is 0 Å². The van der Waals surface area contributed by atoms with Crippen LogP contribution in [0.1, 0.15) is 44.1 Å². The molecule has 2 N–H and O–H groups in total. The number of hydrogen-bond donors (Lipinski definition) is 2. The van der Waals surface area contributed by atoms with Crippen molar-refractivity contribution in [2.75, 3.05) is 13.7 Å². The summed E-state index contributed by atoms with van der Waals surface area (Å²) >= 11 is 0. The van der Waals surface area contributed by atoms with Gasteiger partial charge in [0.05, 0.1) is 13.2 Å². The van der Waals surface area contributed by atoms with Crippen molar-refractivity contribution in [3.63, 3.8) is 0 Å². The Bertz CT molecular complexity index is 386. The smallest absolute Gasteiger partial charge is 0.122 e. The van der Waals surface area contributed by atoms with Crippen molar-refractivity contribution < 1.29 is 9.84 Å². The van der Waals surface area contributed by atoms with Crippen molar-refractivity contribution in [3.05, 3.63) is 29.8 Å². The predicted molar refractivity (Wildman–Crippen MR) is 77.7 cm³/mol. The Labute approximate surface area is 116 Å². The maximum absolute atomic E-state index is 9.20. The summed E-state index contributed by atoms with van der Waals surface area (Å²) < 4.78 is 5.41. The van der Waals surface area contributed by atoms with E-state index in [1.807, 2.05) is 19.1 Å². The molecule has 3 heteroatoms. The first-order chi connectivity index (χ1) is 9.20. The number of ether oxygens (including phenoxy) is 1. The Kier molecular flexibility index (Phi) is 5.23. The van der Waals surface area contributed by atoms with Crippen molar-refractivity contribution in [3.8, 4) is 5.75 Å². The van der Waals surface area contributed by atoms with Gasteiger partial charge in [-0.2, -0.15) is 0 Å². The van der Waals surface area contributed by atoms with Crippen LogP contribution < -0.4 is 10.1 Å². The van der Waals surface area contributed by atoms with Crippen LogP contribution in [0.25, 0.3) is 0 Å². The van der Waals surface area contributed by atoms with E-state index in [4.69, 9.17) is 4.74 Å². The molecular formula is C16H25NO2. The first-order valence-electron chi connectivity index (χ1n) is 7.25. The molecule has 1 fully saturated rings. The number of aliphatic hydroxyl groups excluding tert-OH is 1. The molecule has 1 saturated carbocycles. The summed E-state index contributed by atoms with van der Waals surface area (Å²) in [6, 6.07) is 8.95. The fourth-order valence-corrected chi connectivity index (χ4v) is 2.75. The fraction of sp³-hybridized carbons (Fsp3) is 0.625. The SMILES string of the molecule is COc1ccccc1C1CC(NCCCC(C)O)C1. The van der Waals surface area contributed by atoms with Crippen molar-refractivity contribution in [2.45, 2.75) is 50.7 Å². The zero-order valence-corrected chi connectivity index (χ0v) is 11.9. The third-order valence-electron chi connectivity index (χ3n) is 3.95. The highest BCUT2D eigenvalue weighted by molar-refractivity contribution is 5.37. The molecule has 19 heavy (non-hydrogen) atoms. The molecule has 0 radical (unpaired) electrons. The molecule has 0 spiro atoms. The zero-order valence-electron chi connectivity index (χ0n) is 11.9. The van der Waals surface area contributed by atoms with Gasteiger partial charge in [0.1, 0.15) is 5.75 Å². The number of nitrogens with one attached hydrogen (secondary N) is 1. The largest absolute Gasteiger partial charge is 0.496 e. The quantitative estimate of drug-likeness (QED) is 0.743. The summed E-state index contributed by atoms with van der Waals surface area (Å²) in [6.07, 6.45) is 4.14. The predicted octanol–water partition coefficient (Wildman–Crippen LogP) is 2.69. The second-order valence-corrected chi connectivity index (χ2v) is 5.55. The van der Waals surface area contributed by atoms with E-state index in [-0.39, 0.29) is 6.10 Å². The van der Waals surface area contributed by atoms with E-state index in [1.54, 1.807) is 7.11 Å². The Morgan fingerprint density at radius 2 is 2.11 bits per heavy atom. The highest BCUT2D eigenvalue weighted by Crippen LogP contribution is 2.40. The molecule has 1 aromatic carbocycles. The Morgan fingerprint density at radius 1 is 1.37 bits per heavy atom. The van der Waals surface area contributed by atoms with Gasteiger partial charge in [0, 0.05) is 6.04 Å². The average molecular weight is 263 g/mol. The number of methoxy groups -OCH3 is 1. The summed E-state index contributed by atoms with van der Waals surface area (Å²) in [5.74, 6) is 1.64. The van der Waals surface area contributed by atoms with Crippen LogP contribution in [0.5, 0.6) is 5.75 Å². The lowest BCUT2D eigenvalue weighted by atomic mass is 9.75. The van der Waals surface area contributed by atoms with E-state index in [9.17, 15) is 5.11 Å². The van der Waals surface area contributed by atoms with Crippen LogP contribution in [0.15, 0.2) is 24.3 Å². The zero-order chi connectivity index (χ0) is 13.7. The van der Waals surface area contributed by atoms with Gasteiger partial charge >= 0.3 is 0 Å². The Balaban J connectivity index is 1.71. The number of hydrogen-bond acceptors (Lipinski definition) is 3. The molecule has 106 valence electrons. The summed E-state index contributed by atoms with van der Waals surface area (Å²) in [5, 5.41) is 12.8. The van der Waals surface area contributed by atoms with E-state index in [1.165, 1.54) is 18.4 Å². The van der Waals surface area contributed by atoms with Gasteiger partial charge in [-0.05, 0) is 56.7 Å². The summed E-state index contributed by atoms with van der Waals surface area (Å²) in [7, 11) is 1.74. The number of para-hydroxylation sites is 1. The van der Waals surface area contributed by atoms with Gasteiger partial charge in [-0.15, -0.1) is 0 Å². The highest BCUT2D eigenvalue weighted by atomic mass is 16.5. The number of benzene rings is 1. The van der Waals surface area contributed by atoms with Crippen LogP contribution >= 0.6 is 0 Å². The molecule has 1 aliphatic carbocycles. The molecule has 3 nitrogen and oxygen atoms in total. The minimum atomic E-state index is -0.176. The van der Waals surface area contributed by atoms with E-state index in [0.717, 1.165) is 25.1 Å². The minimum absolute atomic E-state index is 0.176. The van der Waals surface area contributed by atoms with Crippen LogP contribution in [-0.2, 0) is 0 Å². The topological polar surface area (TPSA) is 41.5 Å². The lowest BCUT2D eigenvalue weighted by Crippen LogP contribution is -2.40. The lowest BCUT2D eigenvalue weighted by molar-refractivity contribution is 0.179. The monoisotopic (exact) mass is 263 g/mol. The van der Waals surface area contributed by atoms with Crippen LogP contribution in [0.3, 0.4) is 0 Å². The molecule has 1 unspecified atom stereocenters. The van der Waals surface area contributed by atoms with Crippen molar-refractivity contribution >= 4 is 0 Å². The first kappa shape index (κ1) is 14.4. The van der Waals surface area contributed by atoms with E-state index >= 15 is 0 Å². The number of rotatable bonds is 7. The van der Waals surface area contributed by atoms with Gasteiger partial charge in [-0.25, -0.2) is 0 Å². The second kappa shape index (κ2) is 6.92. The molecule has 0 aromatic heterocycles. The molecule has 0 amide bonds. The maximum atomic E-state index is 9.20. The van der Waals surface area contributed by atoms with E-state index < -0.39 is 0 Å². The Morgan fingerprint density at radius 3 is 2.79 bits per heavy atom. The normalized spacial score (nSPS) is 23.7. The molecule has 0 aliphatic heterocycles. The molecule has 1 aromatic rings. The van der Waals surface area contributed by atoms with Gasteiger partial charge < -0.3 is 15.2 Å². The van der Waals surface area contributed by atoms with Crippen LogP contribution in [0.4, 0.5) is 0 Å². The van der Waals surface area contributed by atoms with E-state index in [2.05, 4.69) is 17.4 Å². The molecule has 0 bridgehead atoms. The van der Waals surface area contributed by atoms with Gasteiger partial charge in [-0.1, -0.05) is 18.2 Å². The molecule has 0 heterocycles. The van der Waals surface area contributed by atoms with Gasteiger partial charge in [0.15, 0.2) is 0 Å². The lowest BCUT2D eigenvalue weighted by Gasteiger charge is -2.37.